The maximum atomic E-state index is 13.0. The largest absolute Gasteiger partial charge is 0.416 e. The number of hydroxylamine groups is 1. The molecular weight excluding hydrogens is 391 g/mol. The summed E-state index contributed by atoms with van der Waals surface area (Å²) in [5.41, 5.74) is 2.71. The highest BCUT2D eigenvalue weighted by Gasteiger charge is 2.41. The Hall–Kier alpha value is -2.65. The van der Waals surface area contributed by atoms with Crippen LogP contribution in [0.5, 0.6) is 0 Å². The highest BCUT2D eigenvalue weighted by Crippen LogP contribution is 2.45. The summed E-state index contributed by atoms with van der Waals surface area (Å²) in [7, 11) is 0. The van der Waals surface area contributed by atoms with Gasteiger partial charge in [-0.05, 0) is 49.2 Å². The van der Waals surface area contributed by atoms with Gasteiger partial charge in [0.15, 0.2) is 5.13 Å². The number of hydrogen-bond acceptors (Lipinski definition) is 5. The van der Waals surface area contributed by atoms with Crippen molar-refractivity contribution in [1.82, 2.24) is 10.5 Å². The van der Waals surface area contributed by atoms with Crippen LogP contribution in [0.15, 0.2) is 36.4 Å². The van der Waals surface area contributed by atoms with Gasteiger partial charge < -0.3 is 4.90 Å². The Kier molecular flexibility index (Phi) is 4.13. The summed E-state index contributed by atoms with van der Waals surface area (Å²) in [4.78, 5) is 18.4. The van der Waals surface area contributed by atoms with Crippen molar-refractivity contribution in [3.8, 4) is 0 Å². The molecule has 28 heavy (non-hydrogen) atoms. The summed E-state index contributed by atoms with van der Waals surface area (Å²) < 4.78 is 39.6. The Morgan fingerprint density at radius 1 is 1.29 bits per heavy atom. The lowest BCUT2D eigenvalue weighted by Crippen LogP contribution is -2.35. The number of hydrogen-bond donors (Lipinski definition) is 2. The average molecular weight is 407 g/mol. The number of benzene rings is 2. The van der Waals surface area contributed by atoms with Crippen molar-refractivity contribution in [2.45, 2.75) is 32.1 Å². The number of carbonyl (C=O) groups is 1. The van der Waals surface area contributed by atoms with Gasteiger partial charge in [-0.15, -0.1) is 0 Å². The second-order valence-electron chi connectivity index (χ2n) is 7.09. The molecule has 0 bridgehead atoms. The standard InChI is InChI=1S/C19H16F3N3O2S/c1-18(2)13-5-3-4-11(16(26)24-27)12(13)9-25(18)17-23-14-8-10(19(20,21)22)6-7-15(14)28-17/h3-8,27H,9H2,1-2H3,(H,24,26). The van der Waals surface area contributed by atoms with Crippen LogP contribution in [0.2, 0.25) is 0 Å². The first kappa shape index (κ1) is 18.7. The van der Waals surface area contributed by atoms with E-state index in [4.69, 9.17) is 5.21 Å². The molecular formula is C19H16F3N3O2S. The zero-order valence-corrected chi connectivity index (χ0v) is 15.8. The fourth-order valence-corrected chi connectivity index (χ4v) is 4.71. The number of rotatable bonds is 2. The first-order chi connectivity index (χ1) is 13.1. The number of thiazole rings is 1. The van der Waals surface area contributed by atoms with Gasteiger partial charge in [0.1, 0.15) is 0 Å². The Labute approximate surface area is 162 Å². The topological polar surface area (TPSA) is 65.5 Å². The molecule has 2 heterocycles. The summed E-state index contributed by atoms with van der Waals surface area (Å²) in [5, 5.41) is 9.58. The van der Waals surface area contributed by atoms with Crippen molar-refractivity contribution in [2.75, 3.05) is 4.90 Å². The Morgan fingerprint density at radius 2 is 2.04 bits per heavy atom. The fourth-order valence-electron chi connectivity index (χ4n) is 3.62. The number of nitrogens with one attached hydrogen (secondary N) is 1. The summed E-state index contributed by atoms with van der Waals surface area (Å²) >= 11 is 1.30. The number of alkyl halides is 3. The molecule has 1 aromatic heterocycles. The van der Waals surface area contributed by atoms with Gasteiger partial charge in [-0.1, -0.05) is 23.5 Å². The van der Waals surface area contributed by atoms with Crippen LogP contribution in [0.1, 0.15) is 40.9 Å². The first-order valence-corrected chi connectivity index (χ1v) is 9.27. The summed E-state index contributed by atoms with van der Waals surface area (Å²) in [6, 6.07) is 8.80. The number of carbonyl (C=O) groups excluding carboxylic acids is 1. The average Bonchev–Trinajstić information content (AvgIpc) is 3.17. The molecule has 2 aromatic carbocycles. The molecule has 4 rings (SSSR count). The third-order valence-corrected chi connectivity index (χ3v) is 6.17. The van der Waals surface area contributed by atoms with Gasteiger partial charge in [0, 0.05) is 12.1 Å². The highest BCUT2D eigenvalue weighted by molar-refractivity contribution is 7.22. The monoisotopic (exact) mass is 407 g/mol. The minimum Gasteiger partial charge on any atom is -0.335 e. The van der Waals surface area contributed by atoms with E-state index < -0.39 is 23.2 Å². The molecule has 1 aliphatic rings. The van der Waals surface area contributed by atoms with Crippen molar-refractivity contribution in [3.05, 3.63) is 58.7 Å². The van der Waals surface area contributed by atoms with E-state index in [0.29, 0.717) is 21.9 Å². The zero-order valence-electron chi connectivity index (χ0n) is 15.0. The van der Waals surface area contributed by atoms with Crippen molar-refractivity contribution in [3.63, 3.8) is 0 Å². The molecule has 5 nitrogen and oxygen atoms in total. The van der Waals surface area contributed by atoms with E-state index in [1.54, 1.807) is 17.6 Å². The van der Waals surface area contributed by atoms with Crippen LogP contribution in [0.3, 0.4) is 0 Å². The number of amides is 1. The number of fused-ring (bicyclic) bond motifs is 2. The molecule has 3 aromatic rings. The molecule has 0 unspecified atom stereocenters. The second-order valence-corrected chi connectivity index (χ2v) is 8.10. The van der Waals surface area contributed by atoms with E-state index in [1.807, 2.05) is 24.8 Å². The fraction of sp³-hybridized carbons (Fsp3) is 0.263. The van der Waals surface area contributed by atoms with Gasteiger partial charge >= 0.3 is 6.18 Å². The van der Waals surface area contributed by atoms with Crippen LogP contribution in [-0.2, 0) is 18.3 Å². The SMILES string of the molecule is CC1(C)c2cccc(C(=O)NO)c2CN1c1nc2cc(C(F)(F)F)ccc2s1. The van der Waals surface area contributed by atoms with E-state index in [0.717, 1.165) is 23.3 Å². The summed E-state index contributed by atoms with van der Waals surface area (Å²) in [5.74, 6) is -0.603. The van der Waals surface area contributed by atoms with Crippen LogP contribution in [0.4, 0.5) is 18.3 Å². The minimum absolute atomic E-state index is 0.287. The quantitative estimate of drug-likeness (QED) is 0.478. The minimum atomic E-state index is -4.42. The number of halogens is 3. The van der Waals surface area contributed by atoms with Gasteiger partial charge in [-0.2, -0.15) is 13.2 Å². The molecule has 0 aliphatic carbocycles. The zero-order chi connectivity index (χ0) is 20.3. The second kappa shape index (κ2) is 6.18. The third kappa shape index (κ3) is 2.82. The first-order valence-electron chi connectivity index (χ1n) is 8.45. The van der Waals surface area contributed by atoms with Crippen molar-refractivity contribution in [1.29, 1.82) is 0 Å². The molecule has 9 heteroatoms. The van der Waals surface area contributed by atoms with E-state index in [1.165, 1.54) is 17.4 Å². The van der Waals surface area contributed by atoms with E-state index >= 15 is 0 Å². The summed E-state index contributed by atoms with van der Waals surface area (Å²) in [6.07, 6.45) is -4.42. The van der Waals surface area contributed by atoms with Crippen LogP contribution < -0.4 is 10.4 Å². The predicted molar refractivity (Wildman–Crippen MR) is 99.5 cm³/mol. The van der Waals surface area contributed by atoms with Gasteiger partial charge in [-0.25, -0.2) is 10.5 Å². The molecule has 146 valence electrons. The van der Waals surface area contributed by atoms with E-state index in [9.17, 15) is 18.0 Å². The molecule has 0 spiro atoms. The lowest BCUT2D eigenvalue weighted by molar-refractivity contribution is -0.137. The van der Waals surface area contributed by atoms with Gasteiger partial charge in [-0.3, -0.25) is 10.0 Å². The van der Waals surface area contributed by atoms with E-state index in [-0.39, 0.29) is 5.52 Å². The van der Waals surface area contributed by atoms with Crippen LogP contribution in [0, 0.1) is 0 Å². The maximum Gasteiger partial charge on any atom is 0.416 e. The third-order valence-electron chi connectivity index (χ3n) is 5.11. The number of nitrogens with zero attached hydrogens (tertiary/aromatic N) is 2. The molecule has 0 radical (unpaired) electrons. The molecule has 0 fully saturated rings. The van der Waals surface area contributed by atoms with Crippen molar-refractivity contribution >= 4 is 32.6 Å². The van der Waals surface area contributed by atoms with Crippen molar-refractivity contribution < 1.29 is 23.2 Å². The smallest absolute Gasteiger partial charge is 0.335 e. The predicted octanol–water partition coefficient (Wildman–Crippen LogP) is 4.69. The Bertz CT molecular complexity index is 1090. The lowest BCUT2D eigenvalue weighted by Gasteiger charge is -2.32. The molecule has 0 atom stereocenters. The molecule has 0 saturated carbocycles. The number of aromatic nitrogens is 1. The highest BCUT2D eigenvalue weighted by atomic mass is 32.1. The normalized spacial score (nSPS) is 15.7. The molecule has 1 aliphatic heterocycles. The Morgan fingerprint density at radius 3 is 2.71 bits per heavy atom. The molecule has 2 N–H and O–H groups in total. The van der Waals surface area contributed by atoms with Crippen LogP contribution in [-0.4, -0.2) is 16.1 Å². The lowest BCUT2D eigenvalue weighted by atomic mass is 9.91. The van der Waals surface area contributed by atoms with Crippen LogP contribution in [0.25, 0.3) is 10.2 Å². The molecule has 1 amide bonds. The van der Waals surface area contributed by atoms with Crippen molar-refractivity contribution in [2.24, 2.45) is 0 Å². The molecule has 0 saturated heterocycles. The Balaban J connectivity index is 1.79. The van der Waals surface area contributed by atoms with Crippen LogP contribution >= 0.6 is 11.3 Å². The maximum absolute atomic E-state index is 13.0. The van der Waals surface area contributed by atoms with Gasteiger partial charge in [0.25, 0.3) is 5.91 Å². The number of anilines is 1. The van der Waals surface area contributed by atoms with Gasteiger partial charge in [0.2, 0.25) is 0 Å². The van der Waals surface area contributed by atoms with Gasteiger partial charge in [0.05, 0.1) is 21.3 Å². The van der Waals surface area contributed by atoms with E-state index in [2.05, 4.69) is 4.98 Å². The summed E-state index contributed by atoms with van der Waals surface area (Å²) in [6.45, 7) is 4.29.